The Morgan fingerprint density at radius 3 is 2.63 bits per heavy atom. The van der Waals surface area contributed by atoms with Crippen molar-refractivity contribution < 1.29 is 23.0 Å². The van der Waals surface area contributed by atoms with E-state index in [0.29, 0.717) is 28.2 Å². The molecular formula is C19H15ClF2N2O3. The number of nitrogens with one attached hydrogen (secondary N) is 1. The van der Waals surface area contributed by atoms with Crippen molar-refractivity contribution in [2.45, 2.75) is 13.5 Å². The lowest BCUT2D eigenvalue weighted by Gasteiger charge is -2.11. The van der Waals surface area contributed by atoms with Crippen LogP contribution >= 0.6 is 11.6 Å². The highest BCUT2D eigenvalue weighted by atomic mass is 35.5. The number of carbonyl (C=O) groups is 1. The Bertz CT molecular complexity index is 1010. The lowest BCUT2D eigenvalue weighted by molar-refractivity contribution is -0.0497. The summed E-state index contributed by atoms with van der Waals surface area (Å²) < 4.78 is 34.0. The van der Waals surface area contributed by atoms with Gasteiger partial charge in [-0.2, -0.15) is 8.78 Å². The molecule has 0 saturated heterocycles. The van der Waals surface area contributed by atoms with Crippen molar-refractivity contribution >= 4 is 34.1 Å². The number of aromatic nitrogens is 1. The summed E-state index contributed by atoms with van der Waals surface area (Å²) in [5.41, 5.74) is 1.98. The predicted octanol–water partition coefficient (Wildman–Crippen LogP) is 5.06. The molecule has 1 N–H and O–H groups in total. The number of fused-ring (bicyclic) bond motifs is 1. The van der Waals surface area contributed by atoms with Gasteiger partial charge in [0.1, 0.15) is 11.5 Å². The summed E-state index contributed by atoms with van der Waals surface area (Å²) >= 11 is 5.91. The number of aryl methyl sites for hydroxylation is 1. The number of anilines is 1. The third-order valence-electron chi connectivity index (χ3n) is 3.87. The fourth-order valence-electron chi connectivity index (χ4n) is 2.57. The van der Waals surface area contributed by atoms with Crippen LogP contribution in [0.5, 0.6) is 11.5 Å². The Kier molecular flexibility index (Phi) is 5.41. The molecule has 5 nitrogen and oxygen atoms in total. The lowest BCUT2D eigenvalue weighted by Crippen LogP contribution is -2.14. The van der Waals surface area contributed by atoms with Gasteiger partial charge in [0.05, 0.1) is 28.9 Å². The van der Waals surface area contributed by atoms with E-state index >= 15 is 0 Å². The van der Waals surface area contributed by atoms with Crippen LogP contribution in [0.25, 0.3) is 10.9 Å². The highest BCUT2D eigenvalue weighted by molar-refractivity contribution is 6.32. The molecule has 0 saturated carbocycles. The first kappa shape index (κ1) is 18.8. The van der Waals surface area contributed by atoms with Crippen LogP contribution in [0.15, 0.2) is 42.5 Å². The van der Waals surface area contributed by atoms with Crippen molar-refractivity contribution in [1.82, 2.24) is 4.98 Å². The van der Waals surface area contributed by atoms with E-state index < -0.39 is 12.5 Å². The third kappa shape index (κ3) is 4.25. The zero-order valence-electron chi connectivity index (χ0n) is 14.4. The van der Waals surface area contributed by atoms with Crippen LogP contribution < -0.4 is 14.8 Å². The van der Waals surface area contributed by atoms with E-state index in [1.165, 1.54) is 18.2 Å². The number of methoxy groups -OCH3 is 1. The second-order valence-electron chi connectivity index (χ2n) is 5.66. The second-order valence-corrected chi connectivity index (χ2v) is 6.07. The van der Waals surface area contributed by atoms with Gasteiger partial charge in [0.2, 0.25) is 0 Å². The van der Waals surface area contributed by atoms with E-state index in [1.54, 1.807) is 32.2 Å². The number of hydrogen-bond donors (Lipinski definition) is 1. The first-order chi connectivity index (χ1) is 12.9. The van der Waals surface area contributed by atoms with E-state index in [1.807, 2.05) is 6.07 Å². The van der Waals surface area contributed by atoms with E-state index in [2.05, 4.69) is 15.0 Å². The molecule has 0 aliphatic carbocycles. The number of ether oxygens (including phenoxy) is 2. The smallest absolute Gasteiger partial charge is 0.387 e. The molecule has 0 spiro atoms. The van der Waals surface area contributed by atoms with Gasteiger partial charge in [-0.15, -0.1) is 0 Å². The van der Waals surface area contributed by atoms with Crippen molar-refractivity contribution in [1.29, 1.82) is 0 Å². The first-order valence-electron chi connectivity index (χ1n) is 7.88. The fourth-order valence-corrected chi connectivity index (χ4v) is 2.79. The van der Waals surface area contributed by atoms with Crippen LogP contribution in [0.3, 0.4) is 0 Å². The zero-order chi connectivity index (χ0) is 19.6. The van der Waals surface area contributed by atoms with Gasteiger partial charge in [-0.25, -0.2) is 0 Å². The molecule has 1 amide bonds. The van der Waals surface area contributed by atoms with Gasteiger partial charge in [-0.1, -0.05) is 11.6 Å². The lowest BCUT2D eigenvalue weighted by atomic mass is 10.1. The molecule has 8 heteroatoms. The first-order valence-corrected chi connectivity index (χ1v) is 8.26. The van der Waals surface area contributed by atoms with Crippen LogP contribution in [-0.4, -0.2) is 24.6 Å². The minimum Gasteiger partial charge on any atom is -0.497 e. The van der Waals surface area contributed by atoms with Crippen molar-refractivity contribution in [2.75, 3.05) is 12.4 Å². The number of carbonyl (C=O) groups excluding carboxylic acids is 1. The number of hydrogen-bond acceptors (Lipinski definition) is 4. The van der Waals surface area contributed by atoms with Crippen LogP contribution in [-0.2, 0) is 0 Å². The number of benzene rings is 2. The quantitative estimate of drug-likeness (QED) is 0.659. The number of pyridine rings is 1. The van der Waals surface area contributed by atoms with Crippen molar-refractivity contribution in [3.05, 3.63) is 58.7 Å². The number of nitrogens with zero attached hydrogens (tertiary/aromatic N) is 1. The van der Waals surface area contributed by atoms with Gasteiger partial charge < -0.3 is 14.8 Å². The predicted molar refractivity (Wildman–Crippen MR) is 99.1 cm³/mol. The molecule has 3 rings (SSSR count). The number of rotatable bonds is 5. The molecule has 27 heavy (non-hydrogen) atoms. The van der Waals surface area contributed by atoms with E-state index in [4.69, 9.17) is 16.3 Å². The average Bonchev–Trinajstić information content (AvgIpc) is 2.62. The van der Waals surface area contributed by atoms with Crippen LogP contribution in [0.4, 0.5) is 14.5 Å². The largest absolute Gasteiger partial charge is 0.497 e. The average molecular weight is 393 g/mol. The minimum atomic E-state index is -2.98. The normalized spacial score (nSPS) is 10.9. The minimum absolute atomic E-state index is 0.0337. The Hall–Kier alpha value is -2.93. The molecule has 0 bridgehead atoms. The molecule has 140 valence electrons. The summed E-state index contributed by atoms with van der Waals surface area (Å²) in [5.74, 6) is 0.117. The molecule has 1 aromatic heterocycles. The molecule has 0 atom stereocenters. The maximum atomic E-state index is 12.6. The van der Waals surface area contributed by atoms with Crippen LogP contribution in [0, 0.1) is 6.92 Å². The van der Waals surface area contributed by atoms with Crippen molar-refractivity contribution in [3.8, 4) is 11.5 Å². The van der Waals surface area contributed by atoms with Gasteiger partial charge in [-0.3, -0.25) is 9.78 Å². The van der Waals surface area contributed by atoms with Gasteiger partial charge in [0.15, 0.2) is 0 Å². The topological polar surface area (TPSA) is 60.5 Å². The number of halogens is 3. The van der Waals surface area contributed by atoms with E-state index in [9.17, 15) is 13.6 Å². The van der Waals surface area contributed by atoms with Gasteiger partial charge in [0.25, 0.3) is 5.91 Å². The van der Waals surface area contributed by atoms with Crippen molar-refractivity contribution in [3.63, 3.8) is 0 Å². The third-order valence-corrected chi connectivity index (χ3v) is 4.16. The van der Waals surface area contributed by atoms with Crippen molar-refractivity contribution in [2.24, 2.45) is 0 Å². The van der Waals surface area contributed by atoms with Gasteiger partial charge in [-0.05, 0) is 43.3 Å². The monoisotopic (exact) mass is 392 g/mol. The summed E-state index contributed by atoms with van der Waals surface area (Å²) in [6, 6.07) is 11.1. The maximum Gasteiger partial charge on any atom is 0.387 e. The summed E-state index contributed by atoms with van der Waals surface area (Å²) in [4.78, 5) is 17.0. The SMILES string of the molecule is COc1ccc2cc(C(=O)Nc3ccc(OC(F)F)c(Cl)c3)c(C)nc2c1. The number of alkyl halides is 2. The Morgan fingerprint density at radius 2 is 1.96 bits per heavy atom. The fraction of sp³-hybridized carbons (Fsp3) is 0.158. The van der Waals surface area contributed by atoms with Crippen LogP contribution in [0.1, 0.15) is 16.1 Å². The molecule has 0 aliphatic heterocycles. The number of amides is 1. The molecule has 0 unspecified atom stereocenters. The van der Waals surface area contributed by atoms with Crippen LogP contribution in [0.2, 0.25) is 5.02 Å². The molecule has 2 aromatic carbocycles. The summed E-state index contributed by atoms with van der Waals surface area (Å²) in [7, 11) is 1.57. The Morgan fingerprint density at radius 1 is 1.19 bits per heavy atom. The summed E-state index contributed by atoms with van der Waals surface area (Å²) in [5, 5.41) is 3.43. The summed E-state index contributed by atoms with van der Waals surface area (Å²) in [6.45, 7) is -1.26. The standard InChI is InChI=1S/C19H15ClF2N2O3/c1-10-14(7-11-3-5-13(26-2)9-16(11)23-10)18(25)24-12-4-6-17(15(20)8-12)27-19(21)22/h3-9,19H,1-2H3,(H,24,25). The zero-order valence-corrected chi connectivity index (χ0v) is 15.2. The van der Waals surface area contributed by atoms with Gasteiger partial charge >= 0.3 is 6.61 Å². The Labute approximate surface area is 158 Å². The molecule has 3 aromatic rings. The molecule has 1 heterocycles. The maximum absolute atomic E-state index is 12.6. The summed E-state index contributed by atoms with van der Waals surface area (Å²) in [6.07, 6.45) is 0. The molecule has 0 fully saturated rings. The molecule has 0 aliphatic rings. The van der Waals surface area contributed by atoms with Gasteiger partial charge in [0, 0.05) is 17.1 Å². The Balaban J connectivity index is 1.85. The van der Waals surface area contributed by atoms with E-state index in [0.717, 1.165) is 5.39 Å². The highest BCUT2D eigenvalue weighted by Gasteiger charge is 2.14. The molecular weight excluding hydrogens is 378 g/mol. The highest BCUT2D eigenvalue weighted by Crippen LogP contribution is 2.29. The van der Waals surface area contributed by atoms with E-state index in [-0.39, 0.29) is 10.8 Å². The molecule has 0 radical (unpaired) electrons. The second kappa shape index (κ2) is 7.75.